The first-order valence-corrected chi connectivity index (χ1v) is 7.55. The summed E-state index contributed by atoms with van der Waals surface area (Å²) < 4.78 is 0.256. The number of phenolic OH excluding ortho intramolecular Hbond substituents is 1. The lowest BCUT2D eigenvalue weighted by Gasteiger charge is -2.37. The van der Waals surface area contributed by atoms with Crippen LogP contribution in [0.4, 0.5) is 0 Å². The van der Waals surface area contributed by atoms with Crippen LogP contribution in [0.1, 0.15) is 36.7 Å². The summed E-state index contributed by atoms with van der Waals surface area (Å²) in [5.74, 6) is 1.43. The van der Waals surface area contributed by atoms with Gasteiger partial charge in [0.25, 0.3) is 0 Å². The minimum absolute atomic E-state index is 0.0378. The van der Waals surface area contributed by atoms with E-state index in [2.05, 4.69) is 18.7 Å². The number of hydrogen-bond donors (Lipinski definition) is 1. The second kappa shape index (κ2) is 5.55. The quantitative estimate of drug-likeness (QED) is 0.864. The molecule has 1 aliphatic rings. The molecular weight excluding hydrogens is 258 g/mol. The van der Waals surface area contributed by atoms with Crippen LogP contribution in [0, 0.1) is 0 Å². The van der Waals surface area contributed by atoms with E-state index >= 15 is 0 Å². The molecule has 0 amide bonds. The molecule has 1 aromatic rings. The zero-order valence-corrected chi connectivity index (χ0v) is 12.6. The number of nitrogens with zero attached hydrogens (tertiary/aromatic N) is 1. The molecule has 1 aliphatic heterocycles. The molecule has 104 valence electrons. The maximum atomic E-state index is 11.4. The third kappa shape index (κ3) is 3.74. The normalized spacial score (nSPS) is 19.3. The van der Waals surface area contributed by atoms with E-state index in [1.54, 1.807) is 19.1 Å². The van der Waals surface area contributed by atoms with Crippen LogP contribution in [-0.4, -0.2) is 39.4 Å². The third-order valence-electron chi connectivity index (χ3n) is 3.38. The Labute approximate surface area is 119 Å². The van der Waals surface area contributed by atoms with E-state index < -0.39 is 0 Å². The summed E-state index contributed by atoms with van der Waals surface area (Å²) in [5, 5.41) is 9.93. The zero-order valence-electron chi connectivity index (χ0n) is 11.8. The van der Waals surface area contributed by atoms with Crippen molar-refractivity contribution in [3.05, 3.63) is 29.3 Å². The summed E-state index contributed by atoms with van der Waals surface area (Å²) >= 11 is 1.99. The fraction of sp³-hybridized carbons (Fsp3) is 0.533. The van der Waals surface area contributed by atoms with E-state index in [9.17, 15) is 9.90 Å². The van der Waals surface area contributed by atoms with E-state index in [1.807, 2.05) is 17.8 Å². The molecule has 0 saturated carbocycles. The van der Waals surface area contributed by atoms with E-state index in [-0.39, 0.29) is 16.3 Å². The molecule has 1 N–H and O–H groups in total. The fourth-order valence-electron chi connectivity index (χ4n) is 2.42. The van der Waals surface area contributed by atoms with Gasteiger partial charge in [-0.15, -0.1) is 0 Å². The molecule has 4 heteroatoms. The Kier molecular flexibility index (Phi) is 4.21. The lowest BCUT2D eigenvalue weighted by Crippen LogP contribution is -2.42. The molecule has 1 fully saturated rings. The number of carbonyl (C=O) groups is 1. The van der Waals surface area contributed by atoms with Crippen LogP contribution in [0.5, 0.6) is 5.75 Å². The highest BCUT2D eigenvalue weighted by atomic mass is 32.2. The summed E-state index contributed by atoms with van der Waals surface area (Å²) in [4.78, 5) is 13.7. The number of aromatic hydroxyl groups is 1. The van der Waals surface area contributed by atoms with Gasteiger partial charge in [-0.05, 0) is 39.0 Å². The number of ketones is 1. The largest absolute Gasteiger partial charge is 0.508 e. The number of hydrogen-bond acceptors (Lipinski definition) is 4. The topological polar surface area (TPSA) is 40.5 Å². The molecule has 0 radical (unpaired) electrons. The molecule has 1 saturated heterocycles. The monoisotopic (exact) mass is 279 g/mol. The van der Waals surface area contributed by atoms with Gasteiger partial charge in [-0.3, -0.25) is 9.69 Å². The van der Waals surface area contributed by atoms with Gasteiger partial charge in [0.05, 0.1) is 0 Å². The summed E-state index contributed by atoms with van der Waals surface area (Å²) in [6.07, 6.45) is 0. The molecule has 0 atom stereocenters. The first-order valence-electron chi connectivity index (χ1n) is 6.56. The number of Topliss-reactive ketones (excluding diaryl/α,β-unsaturated/α-hetero) is 1. The molecule has 0 aromatic heterocycles. The van der Waals surface area contributed by atoms with Crippen LogP contribution in [0.3, 0.4) is 0 Å². The predicted molar refractivity (Wildman–Crippen MR) is 79.9 cm³/mol. The van der Waals surface area contributed by atoms with Crippen LogP contribution in [-0.2, 0) is 6.54 Å². The predicted octanol–water partition coefficient (Wildman–Crippen LogP) is 2.92. The molecule has 3 nitrogen and oxygen atoms in total. The van der Waals surface area contributed by atoms with Gasteiger partial charge in [-0.25, -0.2) is 0 Å². The standard InChI is InChI=1S/C15H21NO2S/c1-11(17)12-4-5-14(18)13(8-12)9-16-6-7-19-15(2,3)10-16/h4-5,8,18H,6-7,9-10H2,1-3H3. The van der Waals surface area contributed by atoms with Crippen molar-refractivity contribution in [2.75, 3.05) is 18.8 Å². The van der Waals surface area contributed by atoms with Crippen molar-refractivity contribution in [1.82, 2.24) is 4.90 Å². The third-order valence-corrected chi connectivity index (χ3v) is 4.68. The Hall–Kier alpha value is -1.00. The van der Waals surface area contributed by atoms with Crippen LogP contribution in [0.15, 0.2) is 18.2 Å². The minimum atomic E-state index is 0.0378. The number of rotatable bonds is 3. The van der Waals surface area contributed by atoms with E-state index in [1.165, 1.54) is 0 Å². The Morgan fingerprint density at radius 1 is 1.47 bits per heavy atom. The second-order valence-electron chi connectivity index (χ2n) is 5.72. The van der Waals surface area contributed by atoms with Gasteiger partial charge in [-0.1, -0.05) is 0 Å². The molecule has 0 unspecified atom stereocenters. The Bertz CT molecular complexity index is 485. The molecule has 0 aliphatic carbocycles. The Morgan fingerprint density at radius 2 is 2.21 bits per heavy atom. The number of thioether (sulfide) groups is 1. The Balaban J connectivity index is 2.14. The number of benzene rings is 1. The van der Waals surface area contributed by atoms with Crippen molar-refractivity contribution in [1.29, 1.82) is 0 Å². The molecule has 1 heterocycles. The van der Waals surface area contributed by atoms with Crippen LogP contribution in [0.25, 0.3) is 0 Å². The van der Waals surface area contributed by atoms with E-state index in [0.29, 0.717) is 12.1 Å². The van der Waals surface area contributed by atoms with Crippen molar-refractivity contribution < 1.29 is 9.90 Å². The number of phenols is 1. The van der Waals surface area contributed by atoms with Gasteiger partial charge in [0.1, 0.15) is 5.75 Å². The van der Waals surface area contributed by atoms with Crippen LogP contribution < -0.4 is 0 Å². The average Bonchev–Trinajstić information content (AvgIpc) is 2.30. The van der Waals surface area contributed by atoms with Crippen LogP contribution in [0.2, 0.25) is 0 Å². The van der Waals surface area contributed by atoms with Crippen molar-refractivity contribution >= 4 is 17.5 Å². The van der Waals surface area contributed by atoms with Crippen molar-refractivity contribution in [3.63, 3.8) is 0 Å². The number of carbonyl (C=O) groups excluding carboxylic acids is 1. The summed E-state index contributed by atoms with van der Waals surface area (Å²) in [6.45, 7) is 8.78. The smallest absolute Gasteiger partial charge is 0.159 e. The van der Waals surface area contributed by atoms with Gasteiger partial charge < -0.3 is 5.11 Å². The summed E-state index contributed by atoms with van der Waals surface area (Å²) in [5.41, 5.74) is 1.51. The molecule has 1 aromatic carbocycles. The molecule has 0 bridgehead atoms. The zero-order chi connectivity index (χ0) is 14.0. The van der Waals surface area contributed by atoms with Gasteiger partial charge in [-0.2, -0.15) is 11.8 Å². The first-order chi connectivity index (χ1) is 8.87. The highest BCUT2D eigenvalue weighted by molar-refractivity contribution is 8.00. The van der Waals surface area contributed by atoms with Gasteiger partial charge in [0.2, 0.25) is 0 Å². The van der Waals surface area contributed by atoms with Gasteiger partial charge >= 0.3 is 0 Å². The highest BCUT2D eigenvalue weighted by Gasteiger charge is 2.27. The molecule has 0 spiro atoms. The SMILES string of the molecule is CC(=O)c1ccc(O)c(CN2CCSC(C)(C)C2)c1. The highest BCUT2D eigenvalue weighted by Crippen LogP contribution is 2.31. The second-order valence-corrected chi connectivity index (χ2v) is 7.52. The molecule has 19 heavy (non-hydrogen) atoms. The van der Waals surface area contributed by atoms with Crippen molar-refractivity contribution in [2.24, 2.45) is 0 Å². The fourth-order valence-corrected chi connectivity index (χ4v) is 3.60. The molecule has 2 rings (SSSR count). The van der Waals surface area contributed by atoms with Crippen LogP contribution >= 0.6 is 11.8 Å². The van der Waals surface area contributed by atoms with Gasteiger partial charge in [0.15, 0.2) is 5.78 Å². The maximum Gasteiger partial charge on any atom is 0.159 e. The lowest BCUT2D eigenvalue weighted by molar-refractivity contribution is 0.101. The summed E-state index contributed by atoms with van der Waals surface area (Å²) in [6, 6.07) is 5.11. The Morgan fingerprint density at radius 3 is 2.84 bits per heavy atom. The minimum Gasteiger partial charge on any atom is -0.508 e. The van der Waals surface area contributed by atoms with Crippen molar-refractivity contribution in [2.45, 2.75) is 32.1 Å². The molecular formula is C15H21NO2S. The first kappa shape index (κ1) is 14.4. The van der Waals surface area contributed by atoms with E-state index in [4.69, 9.17) is 0 Å². The van der Waals surface area contributed by atoms with E-state index in [0.717, 1.165) is 24.4 Å². The summed E-state index contributed by atoms with van der Waals surface area (Å²) in [7, 11) is 0. The maximum absolute atomic E-state index is 11.4. The average molecular weight is 279 g/mol. The lowest BCUT2D eigenvalue weighted by atomic mass is 10.1. The van der Waals surface area contributed by atoms with Crippen molar-refractivity contribution in [3.8, 4) is 5.75 Å². The van der Waals surface area contributed by atoms with Gasteiger partial charge in [0, 0.05) is 41.3 Å².